The Morgan fingerprint density at radius 3 is 2.85 bits per heavy atom. The number of anilines is 1. The number of urea groups is 1. The number of amides is 2. The predicted molar refractivity (Wildman–Crippen MR) is 108 cm³/mol. The molecule has 2 aromatic carbocycles. The van der Waals surface area contributed by atoms with Crippen molar-refractivity contribution >= 4 is 22.6 Å². The maximum absolute atomic E-state index is 13.0. The van der Waals surface area contributed by atoms with Gasteiger partial charge in [-0.1, -0.05) is 36.4 Å². The van der Waals surface area contributed by atoms with Crippen LogP contribution < -0.4 is 5.32 Å². The second-order valence-corrected chi connectivity index (χ2v) is 7.40. The second-order valence-electron chi connectivity index (χ2n) is 7.40. The van der Waals surface area contributed by atoms with E-state index in [0.717, 1.165) is 42.5 Å². The summed E-state index contributed by atoms with van der Waals surface area (Å²) >= 11 is 0. The molecule has 2 N–H and O–H groups in total. The number of rotatable bonds is 4. The number of para-hydroxylation sites is 1. The number of aromatic nitrogens is 2. The molecule has 6 nitrogen and oxygen atoms in total. The van der Waals surface area contributed by atoms with Gasteiger partial charge in [-0.25, -0.2) is 4.79 Å². The summed E-state index contributed by atoms with van der Waals surface area (Å²) in [6.45, 7) is 1.69. The van der Waals surface area contributed by atoms with Gasteiger partial charge in [-0.05, 0) is 44.1 Å². The zero-order chi connectivity index (χ0) is 18.8. The molecular weight excluding hydrogens is 338 g/mol. The van der Waals surface area contributed by atoms with Crippen LogP contribution in [0.5, 0.6) is 0 Å². The lowest BCUT2D eigenvalue weighted by molar-refractivity contribution is 0.207. The first-order valence-electron chi connectivity index (χ1n) is 9.35. The number of hydrogen-bond donors (Lipinski definition) is 2. The Bertz CT molecular complexity index is 931. The molecule has 140 valence electrons. The van der Waals surface area contributed by atoms with Crippen LogP contribution in [0.4, 0.5) is 10.5 Å². The SMILES string of the molecule is CN(C)Cc1ccc(C2CCCN2C(=O)Nc2cccc3cn[nH]c23)cc1. The molecule has 0 aliphatic carbocycles. The summed E-state index contributed by atoms with van der Waals surface area (Å²) in [6, 6.07) is 14.5. The number of carbonyl (C=O) groups is 1. The molecule has 4 rings (SSSR count). The summed E-state index contributed by atoms with van der Waals surface area (Å²) in [5.74, 6) is 0. The first-order chi connectivity index (χ1) is 13.1. The van der Waals surface area contributed by atoms with Gasteiger partial charge < -0.3 is 15.1 Å². The normalized spacial score (nSPS) is 17.0. The molecule has 2 amide bonds. The highest BCUT2D eigenvalue weighted by Crippen LogP contribution is 2.33. The van der Waals surface area contributed by atoms with Crippen LogP contribution >= 0.6 is 0 Å². The fourth-order valence-electron chi connectivity index (χ4n) is 3.83. The monoisotopic (exact) mass is 363 g/mol. The van der Waals surface area contributed by atoms with Crippen LogP contribution in [-0.4, -0.2) is 46.7 Å². The number of carbonyl (C=O) groups excluding carboxylic acids is 1. The average molecular weight is 363 g/mol. The van der Waals surface area contributed by atoms with Gasteiger partial charge >= 0.3 is 6.03 Å². The third-order valence-corrected chi connectivity index (χ3v) is 5.10. The van der Waals surface area contributed by atoms with Crippen molar-refractivity contribution in [2.24, 2.45) is 0 Å². The summed E-state index contributed by atoms with van der Waals surface area (Å²) in [5, 5.41) is 11.1. The van der Waals surface area contributed by atoms with Crippen molar-refractivity contribution in [2.45, 2.75) is 25.4 Å². The van der Waals surface area contributed by atoms with Crippen molar-refractivity contribution in [3.8, 4) is 0 Å². The molecule has 27 heavy (non-hydrogen) atoms. The van der Waals surface area contributed by atoms with Gasteiger partial charge in [0.1, 0.15) is 0 Å². The minimum Gasteiger partial charge on any atom is -0.317 e. The molecule has 1 aliphatic rings. The summed E-state index contributed by atoms with van der Waals surface area (Å²) < 4.78 is 0. The van der Waals surface area contributed by atoms with E-state index in [0.29, 0.717) is 0 Å². The molecule has 0 radical (unpaired) electrons. The van der Waals surface area contributed by atoms with E-state index in [9.17, 15) is 4.79 Å². The van der Waals surface area contributed by atoms with Crippen molar-refractivity contribution < 1.29 is 4.79 Å². The van der Waals surface area contributed by atoms with Crippen LogP contribution in [0.3, 0.4) is 0 Å². The van der Waals surface area contributed by atoms with E-state index in [2.05, 4.69) is 58.8 Å². The average Bonchev–Trinajstić information content (AvgIpc) is 3.32. The first-order valence-corrected chi connectivity index (χ1v) is 9.35. The lowest BCUT2D eigenvalue weighted by Gasteiger charge is -2.25. The van der Waals surface area contributed by atoms with E-state index >= 15 is 0 Å². The number of fused-ring (bicyclic) bond motifs is 1. The van der Waals surface area contributed by atoms with Crippen LogP contribution in [0.1, 0.15) is 30.0 Å². The van der Waals surface area contributed by atoms with Crippen molar-refractivity contribution in [1.82, 2.24) is 20.0 Å². The number of H-pyrrole nitrogens is 1. The van der Waals surface area contributed by atoms with Crippen LogP contribution in [0.2, 0.25) is 0 Å². The van der Waals surface area contributed by atoms with Gasteiger partial charge in [0.15, 0.2) is 0 Å². The first kappa shape index (κ1) is 17.5. The van der Waals surface area contributed by atoms with Crippen molar-refractivity contribution in [3.05, 3.63) is 59.8 Å². The Labute approximate surface area is 159 Å². The molecule has 0 saturated carbocycles. The molecule has 0 bridgehead atoms. The Morgan fingerprint density at radius 2 is 2.07 bits per heavy atom. The van der Waals surface area contributed by atoms with Crippen molar-refractivity contribution in [2.75, 3.05) is 26.0 Å². The molecule has 6 heteroatoms. The summed E-state index contributed by atoms with van der Waals surface area (Å²) in [7, 11) is 4.13. The van der Waals surface area contributed by atoms with Crippen LogP contribution in [0.25, 0.3) is 10.9 Å². The lowest BCUT2D eigenvalue weighted by atomic mass is 10.0. The number of hydrogen-bond acceptors (Lipinski definition) is 3. The largest absolute Gasteiger partial charge is 0.322 e. The van der Waals surface area contributed by atoms with Gasteiger partial charge in [0.2, 0.25) is 0 Å². The lowest BCUT2D eigenvalue weighted by Crippen LogP contribution is -2.34. The van der Waals surface area contributed by atoms with Gasteiger partial charge in [0.25, 0.3) is 0 Å². The third-order valence-electron chi connectivity index (χ3n) is 5.10. The van der Waals surface area contributed by atoms with Crippen LogP contribution in [-0.2, 0) is 6.54 Å². The van der Waals surface area contributed by atoms with Gasteiger partial charge in [-0.15, -0.1) is 0 Å². The number of nitrogens with one attached hydrogen (secondary N) is 2. The Kier molecular flexibility index (Phi) is 4.81. The molecule has 1 saturated heterocycles. The molecule has 0 spiro atoms. The molecule has 1 atom stereocenters. The Morgan fingerprint density at radius 1 is 1.26 bits per heavy atom. The minimum absolute atomic E-state index is 0.0584. The molecule has 1 unspecified atom stereocenters. The fraction of sp³-hybridized carbons (Fsp3) is 0.333. The maximum Gasteiger partial charge on any atom is 0.322 e. The highest BCUT2D eigenvalue weighted by Gasteiger charge is 2.30. The topological polar surface area (TPSA) is 64.3 Å². The van der Waals surface area contributed by atoms with Gasteiger partial charge in [0, 0.05) is 18.5 Å². The molecule has 1 fully saturated rings. The number of nitrogens with zero attached hydrogens (tertiary/aromatic N) is 3. The van der Waals surface area contributed by atoms with Gasteiger partial charge in [-0.2, -0.15) is 5.10 Å². The number of aromatic amines is 1. The van der Waals surface area contributed by atoms with E-state index in [-0.39, 0.29) is 12.1 Å². The predicted octanol–water partition coefficient (Wildman–Crippen LogP) is 3.99. The van der Waals surface area contributed by atoms with E-state index in [1.807, 2.05) is 23.1 Å². The highest BCUT2D eigenvalue weighted by molar-refractivity contribution is 5.99. The van der Waals surface area contributed by atoms with E-state index in [1.54, 1.807) is 6.20 Å². The number of benzene rings is 2. The van der Waals surface area contributed by atoms with E-state index < -0.39 is 0 Å². The minimum atomic E-state index is -0.0584. The zero-order valence-corrected chi connectivity index (χ0v) is 15.8. The summed E-state index contributed by atoms with van der Waals surface area (Å²) in [4.78, 5) is 17.0. The van der Waals surface area contributed by atoms with E-state index in [1.165, 1.54) is 11.1 Å². The molecule has 2 heterocycles. The second kappa shape index (κ2) is 7.40. The van der Waals surface area contributed by atoms with Gasteiger partial charge in [-0.3, -0.25) is 5.10 Å². The Balaban J connectivity index is 1.50. The van der Waals surface area contributed by atoms with Crippen molar-refractivity contribution in [1.29, 1.82) is 0 Å². The van der Waals surface area contributed by atoms with Crippen LogP contribution in [0, 0.1) is 0 Å². The zero-order valence-electron chi connectivity index (χ0n) is 15.8. The highest BCUT2D eigenvalue weighted by atomic mass is 16.2. The summed E-state index contributed by atoms with van der Waals surface area (Å²) in [5.41, 5.74) is 4.10. The smallest absolute Gasteiger partial charge is 0.317 e. The van der Waals surface area contributed by atoms with E-state index in [4.69, 9.17) is 0 Å². The van der Waals surface area contributed by atoms with Crippen LogP contribution in [0.15, 0.2) is 48.7 Å². The standard InChI is InChI=1S/C21H25N5O/c1-25(2)14-15-8-10-16(11-9-15)19-7-4-12-26(19)21(27)23-18-6-3-5-17-13-22-24-20(17)18/h3,5-6,8-11,13,19H,4,7,12,14H2,1-2H3,(H,22,24)(H,23,27). The molecular formula is C21H25N5O. The fourth-order valence-corrected chi connectivity index (χ4v) is 3.83. The third kappa shape index (κ3) is 3.66. The molecule has 1 aromatic heterocycles. The van der Waals surface area contributed by atoms with Crippen molar-refractivity contribution in [3.63, 3.8) is 0 Å². The van der Waals surface area contributed by atoms with Gasteiger partial charge in [0.05, 0.1) is 23.4 Å². The number of likely N-dealkylation sites (tertiary alicyclic amines) is 1. The quantitative estimate of drug-likeness (QED) is 0.736. The molecule has 1 aliphatic heterocycles. The summed E-state index contributed by atoms with van der Waals surface area (Å²) in [6.07, 6.45) is 3.78. The Hall–Kier alpha value is -2.86. The maximum atomic E-state index is 13.0. The molecule has 3 aromatic rings.